The topological polar surface area (TPSA) is 78.0 Å². The first-order valence-corrected chi connectivity index (χ1v) is 6.21. The van der Waals surface area contributed by atoms with Crippen LogP contribution in [-0.2, 0) is 6.54 Å². The minimum absolute atomic E-state index is 0.0463. The molecule has 2 aromatic rings. The summed E-state index contributed by atoms with van der Waals surface area (Å²) < 4.78 is 15.5. The van der Waals surface area contributed by atoms with Crippen molar-refractivity contribution < 1.29 is 9.31 Å². The van der Waals surface area contributed by atoms with Crippen LogP contribution >= 0.6 is 22.6 Å². The molecule has 0 radical (unpaired) electrons. The van der Waals surface area contributed by atoms with Gasteiger partial charge in [-0.05, 0) is 22.6 Å². The minimum Gasteiger partial charge on any atom is -0.268 e. The number of hydrogen-bond acceptors (Lipinski definition) is 4. The van der Waals surface area contributed by atoms with Gasteiger partial charge in [0, 0.05) is 21.3 Å². The van der Waals surface area contributed by atoms with Crippen LogP contribution in [0, 0.1) is 19.5 Å². The summed E-state index contributed by atoms with van der Waals surface area (Å²) in [6.45, 7) is -0.150. The highest BCUT2D eigenvalue weighted by atomic mass is 127. The molecule has 8 heteroatoms. The molecule has 0 aliphatic heterocycles. The van der Waals surface area contributed by atoms with E-state index in [0.717, 1.165) is 10.7 Å². The number of nitrogens with zero attached hydrogens (tertiary/aromatic N) is 3. The number of nitro benzene ring substituents is 1. The third-order valence-corrected chi connectivity index (χ3v) is 3.00. The van der Waals surface area contributed by atoms with E-state index < -0.39 is 22.0 Å². The van der Waals surface area contributed by atoms with E-state index in [1.54, 1.807) is 0 Å². The summed E-state index contributed by atoms with van der Waals surface area (Å²) in [5.41, 5.74) is -0.959. The first-order valence-electron chi connectivity index (χ1n) is 5.13. The van der Waals surface area contributed by atoms with E-state index in [1.165, 1.54) is 24.4 Å². The fraction of sp³-hybridized carbons (Fsp3) is 0.0909. The van der Waals surface area contributed by atoms with E-state index in [1.807, 2.05) is 22.6 Å². The number of benzene rings is 1. The Bertz CT molecular complexity index is 702. The highest BCUT2D eigenvalue weighted by Gasteiger charge is 2.17. The van der Waals surface area contributed by atoms with E-state index in [2.05, 4.69) is 5.10 Å². The zero-order chi connectivity index (χ0) is 14.0. The van der Waals surface area contributed by atoms with Crippen molar-refractivity contribution in [1.82, 2.24) is 9.78 Å². The molecule has 0 aliphatic rings. The maximum absolute atomic E-state index is 13.8. The van der Waals surface area contributed by atoms with Crippen molar-refractivity contribution in [2.75, 3.05) is 0 Å². The van der Waals surface area contributed by atoms with Gasteiger partial charge >= 0.3 is 5.69 Å². The van der Waals surface area contributed by atoms with Crippen LogP contribution in [0.3, 0.4) is 0 Å². The molecule has 1 heterocycles. The summed E-state index contributed by atoms with van der Waals surface area (Å²) >= 11 is 1.93. The maximum atomic E-state index is 13.8. The average molecular weight is 375 g/mol. The molecule has 0 saturated heterocycles. The highest BCUT2D eigenvalue weighted by Crippen LogP contribution is 2.20. The second kappa shape index (κ2) is 5.43. The molecular formula is C11H7FIN3O3. The second-order valence-electron chi connectivity index (χ2n) is 3.68. The van der Waals surface area contributed by atoms with Crippen molar-refractivity contribution in [2.45, 2.75) is 6.54 Å². The fourth-order valence-electron chi connectivity index (χ4n) is 1.52. The van der Waals surface area contributed by atoms with E-state index in [9.17, 15) is 19.3 Å². The van der Waals surface area contributed by atoms with Crippen LogP contribution in [0.4, 0.5) is 10.1 Å². The fourth-order valence-corrected chi connectivity index (χ4v) is 1.91. The average Bonchev–Trinajstić information content (AvgIpc) is 2.34. The van der Waals surface area contributed by atoms with Gasteiger partial charge in [0.25, 0.3) is 5.56 Å². The summed E-state index contributed by atoms with van der Waals surface area (Å²) in [5.74, 6) is -0.945. The van der Waals surface area contributed by atoms with Crippen LogP contribution in [0.25, 0.3) is 0 Å². The van der Waals surface area contributed by atoms with Crippen LogP contribution in [-0.4, -0.2) is 14.7 Å². The molecule has 0 spiro atoms. The van der Waals surface area contributed by atoms with E-state index in [0.29, 0.717) is 3.57 Å². The van der Waals surface area contributed by atoms with Crippen LogP contribution in [0.1, 0.15) is 5.56 Å². The van der Waals surface area contributed by atoms with Gasteiger partial charge < -0.3 is 0 Å². The zero-order valence-corrected chi connectivity index (χ0v) is 11.6. The SMILES string of the molecule is O=c1cc(I)cnn1Cc1cccc([N+](=O)[O-])c1F. The predicted octanol–water partition coefficient (Wildman–Crippen LogP) is 1.94. The lowest BCUT2D eigenvalue weighted by Crippen LogP contribution is -2.23. The number of aromatic nitrogens is 2. The summed E-state index contributed by atoms with van der Waals surface area (Å²) in [6, 6.07) is 5.18. The van der Waals surface area contributed by atoms with Crippen molar-refractivity contribution in [3.63, 3.8) is 0 Å². The van der Waals surface area contributed by atoms with E-state index in [4.69, 9.17) is 0 Å². The van der Waals surface area contributed by atoms with Gasteiger partial charge in [0.2, 0.25) is 5.82 Å². The second-order valence-corrected chi connectivity index (χ2v) is 4.92. The van der Waals surface area contributed by atoms with Gasteiger partial charge in [-0.15, -0.1) is 0 Å². The molecule has 6 nitrogen and oxygen atoms in total. The molecule has 0 N–H and O–H groups in total. The molecule has 0 unspecified atom stereocenters. The molecule has 0 saturated carbocycles. The van der Waals surface area contributed by atoms with Crippen molar-refractivity contribution in [3.8, 4) is 0 Å². The van der Waals surface area contributed by atoms with Gasteiger partial charge in [0.1, 0.15) is 0 Å². The molecule has 1 aromatic heterocycles. The minimum atomic E-state index is -0.945. The van der Waals surface area contributed by atoms with Crippen LogP contribution in [0.15, 0.2) is 35.3 Å². The molecule has 0 atom stereocenters. The number of nitro groups is 1. The zero-order valence-electron chi connectivity index (χ0n) is 9.42. The van der Waals surface area contributed by atoms with Crippen LogP contribution < -0.4 is 5.56 Å². The molecular weight excluding hydrogens is 368 g/mol. The molecule has 0 fully saturated rings. The third kappa shape index (κ3) is 2.95. The third-order valence-electron chi connectivity index (χ3n) is 2.41. The highest BCUT2D eigenvalue weighted by molar-refractivity contribution is 14.1. The lowest BCUT2D eigenvalue weighted by molar-refractivity contribution is -0.387. The standard InChI is InChI=1S/C11H7FIN3O3/c12-11-7(2-1-3-9(11)16(18)19)6-15-10(17)4-8(13)5-14-15/h1-5H,6H2. The van der Waals surface area contributed by atoms with Gasteiger partial charge in [-0.1, -0.05) is 12.1 Å². The van der Waals surface area contributed by atoms with Gasteiger partial charge in [-0.3, -0.25) is 14.9 Å². The Balaban J connectivity index is 2.41. The summed E-state index contributed by atoms with van der Waals surface area (Å²) in [6.07, 6.45) is 1.46. The number of halogens is 2. The van der Waals surface area contributed by atoms with Crippen molar-refractivity contribution in [1.29, 1.82) is 0 Å². The predicted molar refractivity (Wildman–Crippen MR) is 73.4 cm³/mol. The Labute approximate surface area is 120 Å². The first kappa shape index (κ1) is 13.6. The Kier molecular flexibility index (Phi) is 3.88. The molecule has 0 bridgehead atoms. The first-order chi connectivity index (χ1) is 8.99. The van der Waals surface area contributed by atoms with Crippen molar-refractivity contribution >= 4 is 28.3 Å². The Hall–Kier alpha value is -1.84. The number of rotatable bonds is 3. The Morgan fingerprint density at radius 1 is 1.47 bits per heavy atom. The van der Waals surface area contributed by atoms with Crippen LogP contribution in [0.2, 0.25) is 0 Å². The largest absolute Gasteiger partial charge is 0.305 e. The monoisotopic (exact) mass is 375 g/mol. The van der Waals surface area contributed by atoms with E-state index >= 15 is 0 Å². The molecule has 0 aliphatic carbocycles. The summed E-state index contributed by atoms with van der Waals surface area (Å²) in [7, 11) is 0. The summed E-state index contributed by atoms with van der Waals surface area (Å²) in [4.78, 5) is 21.4. The van der Waals surface area contributed by atoms with Gasteiger partial charge in [0.05, 0.1) is 17.7 Å². The Morgan fingerprint density at radius 3 is 2.84 bits per heavy atom. The molecule has 0 amide bonds. The summed E-state index contributed by atoms with van der Waals surface area (Å²) in [5, 5.41) is 14.5. The van der Waals surface area contributed by atoms with E-state index in [-0.39, 0.29) is 12.1 Å². The van der Waals surface area contributed by atoms with Gasteiger partial charge in [-0.25, -0.2) is 4.68 Å². The van der Waals surface area contributed by atoms with Gasteiger partial charge in [-0.2, -0.15) is 9.49 Å². The molecule has 19 heavy (non-hydrogen) atoms. The molecule has 98 valence electrons. The van der Waals surface area contributed by atoms with Gasteiger partial charge in [0.15, 0.2) is 0 Å². The lowest BCUT2D eigenvalue weighted by atomic mass is 10.2. The smallest absolute Gasteiger partial charge is 0.268 e. The Morgan fingerprint density at radius 2 is 2.21 bits per heavy atom. The normalized spacial score (nSPS) is 10.4. The number of hydrogen-bond donors (Lipinski definition) is 0. The van der Waals surface area contributed by atoms with Crippen molar-refractivity contribution in [3.05, 3.63) is 65.9 Å². The van der Waals surface area contributed by atoms with Crippen LogP contribution in [0.5, 0.6) is 0 Å². The maximum Gasteiger partial charge on any atom is 0.305 e. The van der Waals surface area contributed by atoms with Crippen molar-refractivity contribution in [2.24, 2.45) is 0 Å². The molecule has 2 rings (SSSR count). The molecule has 1 aromatic carbocycles. The lowest BCUT2D eigenvalue weighted by Gasteiger charge is -2.05. The quantitative estimate of drug-likeness (QED) is 0.467.